The summed E-state index contributed by atoms with van der Waals surface area (Å²) in [5.74, 6) is -2.07. The monoisotopic (exact) mass is 386 g/mol. The third kappa shape index (κ3) is 3.59. The Hall–Kier alpha value is -2.59. The molecule has 1 amide bonds. The Kier molecular flexibility index (Phi) is 5.04. The number of aromatic nitrogens is 2. The van der Waals surface area contributed by atoms with Gasteiger partial charge in [-0.3, -0.25) is 14.2 Å². The second-order valence-corrected chi connectivity index (χ2v) is 7.32. The van der Waals surface area contributed by atoms with Crippen LogP contribution < -0.4 is 15.2 Å². The molecule has 0 aliphatic rings. The lowest BCUT2D eigenvalue weighted by Crippen LogP contribution is -2.34. The summed E-state index contributed by atoms with van der Waals surface area (Å²) in [6.45, 7) is 0. The van der Waals surface area contributed by atoms with Gasteiger partial charge in [0.2, 0.25) is 21.7 Å². The lowest BCUT2D eigenvalue weighted by Gasteiger charge is -2.23. The second-order valence-electron chi connectivity index (χ2n) is 5.06. The predicted octanol–water partition coefficient (Wildman–Crippen LogP) is 0.597. The average molecular weight is 387 g/mol. The van der Waals surface area contributed by atoms with Crippen LogP contribution in [0, 0.1) is 0 Å². The van der Waals surface area contributed by atoms with E-state index in [0.717, 1.165) is 15.1 Å². The molecule has 2 rings (SSSR count). The molecule has 2 N–H and O–H groups in total. The number of rotatable bonds is 4. The first kappa shape index (κ1) is 18.7. The van der Waals surface area contributed by atoms with Crippen LogP contribution in [0.3, 0.4) is 0 Å². The van der Waals surface area contributed by atoms with Crippen molar-refractivity contribution in [1.82, 2.24) is 14.9 Å². The molecule has 0 fully saturated rings. The van der Waals surface area contributed by atoms with E-state index in [2.05, 4.69) is 10.3 Å². The van der Waals surface area contributed by atoms with E-state index in [0.29, 0.717) is 5.02 Å². The fourth-order valence-corrected chi connectivity index (χ4v) is 3.16. The highest BCUT2D eigenvalue weighted by atomic mass is 35.5. The molecule has 0 aliphatic carbocycles. The molecule has 1 aromatic heterocycles. The summed E-state index contributed by atoms with van der Waals surface area (Å²) in [7, 11) is -1.42. The Morgan fingerprint density at radius 2 is 1.88 bits per heavy atom. The number of amides is 1. The number of nitrogens with one attached hydrogen (secondary N) is 1. The summed E-state index contributed by atoms with van der Waals surface area (Å²) in [5, 5.41) is 12.5. The van der Waals surface area contributed by atoms with E-state index in [-0.39, 0.29) is 11.6 Å². The van der Waals surface area contributed by atoms with Gasteiger partial charge >= 0.3 is 0 Å². The van der Waals surface area contributed by atoms with E-state index in [1.54, 1.807) is 0 Å². The number of hydrogen-bond acceptors (Lipinski definition) is 6. The Morgan fingerprint density at radius 3 is 2.36 bits per heavy atom. The number of benzene rings is 1. The van der Waals surface area contributed by atoms with Gasteiger partial charge in [0.15, 0.2) is 5.69 Å². The van der Waals surface area contributed by atoms with Crippen LogP contribution in [-0.2, 0) is 17.1 Å². The normalized spacial score (nSPS) is 11.2. The predicted molar refractivity (Wildman–Crippen MR) is 93.0 cm³/mol. The average Bonchev–Trinajstić information content (AvgIpc) is 2.55. The third-order valence-electron chi connectivity index (χ3n) is 3.26. The smallest absolute Gasteiger partial charge is 0.297 e. The summed E-state index contributed by atoms with van der Waals surface area (Å²) >= 11 is 5.81. The van der Waals surface area contributed by atoms with Crippen LogP contribution in [0.15, 0.2) is 29.1 Å². The lowest BCUT2D eigenvalue weighted by molar-refractivity contribution is 0.0954. The van der Waals surface area contributed by atoms with E-state index in [1.807, 2.05) is 0 Å². The maximum Gasteiger partial charge on any atom is 0.297 e. The number of nitrogens with zero attached hydrogens (tertiary/aromatic N) is 3. The minimum absolute atomic E-state index is 0.156. The number of sulfonamides is 1. The molecule has 0 atom stereocenters. The Morgan fingerprint density at radius 1 is 1.32 bits per heavy atom. The number of carbonyl (C=O) groups is 1. The minimum Gasteiger partial charge on any atom is -0.501 e. The zero-order valence-electron chi connectivity index (χ0n) is 13.5. The lowest BCUT2D eigenvalue weighted by atomic mass is 10.3. The minimum atomic E-state index is -3.93. The molecule has 1 aromatic carbocycles. The van der Waals surface area contributed by atoms with Gasteiger partial charge in [-0.05, 0) is 24.3 Å². The molecule has 0 radical (unpaired) electrons. The molecule has 2 aromatic rings. The van der Waals surface area contributed by atoms with E-state index in [1.165, 1.54) is 38.4 Å². The molecule has 0 aliphatic heterocycles. The van der Waals surface area contributed by atoms with Crippen LogP contribution >= 0.6 is 11.6 Å². The van der Waals surface area contributed by atoms with E-state index >= 15 is 0 Å². The first-order valence-electron chi connectivity index (χ1n) is 6.86. The van der Waals surface area contributed by atoms with Gasteiger partial charge in [-0.1, -0.05) is 11.6 Å². The zero-order chi connectivity index (χ0) is 18.9. The van der Waals surface area contributed by atoms with Crippen LogP contribution in [0.5, 0.6) is 5.75 Å². The van der Waals surface area contributed by atoms with Crippen molar-refractivity contribution < 1.29 is 18.3 Å². The van der Waals surface area contributed by atoms with Crippen molar-refractivity contribution in [2.75, 3.05) is 17.6 Å². The highest BCUT2D eigenvalue weighted by Gasteiger charge is 2.28. The standard InChI is InChI=1S/C14H15ClN4O5S/c1-16-12(21)10-11(20)13(22)18(2)14(17-10)19(25(3,23)24)9-6-4-8(15)5-7-9/h4-7,20H,1-3H3,(H,16,21). The number of halogens is 1. The SMILES string of the molecule is CNC(=O)c1nc(N(c2ccc(Cl)cc2)S(C)(=O)=O)n(C)c(=O)c1O. The second kappa shape index (κ2) is 6.73. The maximum atomic E-state index is 12.3. The summed E-state index contributed by atoms with van der Waals surface area (Å²) in [4.78, 5) is 27.9. The van der Waals surface area contributed by atoms with Crippen LogP contribution in [0.25, 0.3) is 0 Å². The molecule has 0 saturated heterocycles. The maximum absolute atomic E-state index is 12.3. The van der Waals surface area contributed by atoms with Crippen LogP contribution in [0.4, 0.5) is 11.6 Å². The van der Waals surface area contributed by atoms with Crippen molar-refractivity contribution in [3.8, 4) is 5.75 Å². The van der Waals surface area contributed by atoms with Gasteiger partial charge < -0.3 is 10.4 Å². The van der Waals surface area contributed by atoms with Gasteiger partial charge in [0.25, 0.3) is 11.5 Å². The van der Waals surface area contributed by atoms with Gasteiger partial charge in [-0.25, -0.2) is 17.7 Å². The van der Waals surface area contributed by atoms with E-state index in [4.69, 9.17) is 11.6 Å². The number of hydrogen-bond donors (Lipinski definition) is 2. The summed E-state index contributed by atoms with van der Waals surface area (Å²) < 4.78 is 26.2. The number of anilines is 2. The molecular formula is C14H15ClN4O5S. The fourth-order valence-electron chi connectivity index (χ4n) is 2.07. The Bertz CT molecular complexity index is 986. The van der Waals surface area contributed by atoms with E-state index in [9.17, 15) is 23.1 Å². The van der Waals surface area contributed by atoms with Crippen LogP contribution in [-0.4, -0.2) is 42.3 Å². The van der Waals surface area contributed by atoms with E-state index < -0.39 is 32.9 Å². The van der Waals surface area contributed by atoms with Crippen molar-refractivity contribution in [3.05, 3.63) is 45.3 Å². The molecular weight excluding hydrogens is 372 g/mol. The largest absolute Gasteiger partial charge is 0.501 e. The van der Waals surface area contributed by atoms with Crippen molar-refractivity contribution in [3.63, 3.8) is 0 Å². The van der Waals surface area contributed by atoms with Crippen molar-refractivity contribution in [1.29, 1.82) is 0 Å². The third-order valence-corrected chi connectivity index (χ3v) is 4.55. The van der Waals surface area contributed by atoms with Crippen molar-refractivity contribution in [2.45, 2.75) is 0 Å². The molecule has 1 heterocycles. The molecule has 9 nitrogen and oxygen atoms in total. The summed E-state index contributed by atoms with van der Waals surface area (Å²) in [5.41, 5.74) is -1.39. The molecule has 25 heavy (non-hydrogen) atoms. The topological polar surface area (TPSA) is 122 Å². The fraction of sp³-hybridized carbons (Fsp3) is 0.214. The van der Waals surface area contributed by atoms with Crippen LogP contribution in [0.2, 0.25) is 5.02 Å². The summed E-state index contributed by atoms with van der Waals surface area (Å²) in [6, 6.07) is 5.77. The molecule has 0 spiro atoms. The summed E-state index contributed by atoms with van der Waals surface area (Å²) in [6.07, 6.45) is 0.917. The zero-order valence-corrected chi connectivity index (χ0v) is 15.1. The number of aromatic hydroxyl groups is 1. The Balaban J connectivity index is 2.83. The molecule has 0 unspecified atom stereocenters. The first-order chi connectivity index (χ1) is 11.6. The van der Waals surface area contributed by atoms with Crippen molar-refractivity contribution >= 4 is 39.2 Å². The van der Waals surface area contributed by atoms with Gasteiger partial charge in [0, 0.05) is 19.1 Å². The van der Waals surface area contributed by atoms with Gasteiger partial charge in [0.1, 0.15) is 0 Å². The van der Waals surface area contributed by atoms with Gasteiger partial charge in [0.05, 0.1) is 11.9 Å². The first-order valence-corrected chi connectivity index (χ1v) is 9.08. The molecule has 134 valence electrons. The highest BCUT2D eigenvalue weighted by Crippen LogP contribution is 2.28. The van der Waals surface area contributed by atoms with Gasteiger partial charge in [-0.15, -0.1) is 0 Å². The van der Waals surface area contributed by atoms with Crippen LogP contribution in [0.1, 0.15) is 10.5 Å². The Labute approximate surface area is 148 Å². The molecule has 11 heteroatoms. The quantitative estimate of drug-likeness (QED) is 0.793. The number of carbonyl (C=O) groups excluding carboxylic acids is 1. The van der Waals surface area contributed by atoms with Gasteiger partial charge in [-0.2, -0.15) is 0 Å². The molecule has 0 bridgehead atoms. The molecule has 0 saturated carbocycles. The van der Waals surface area contributed by atoms with Crippen molar-refractivity contribution in [2.24, 2.45) is 7.05 Å². The highest BCUT2D eigenvalue weighted by molar-refractivity contribution is 7.92.